The van der Waals surface area contributed by atoms with E-state index in [1.165, 1.54) is 25.7 Å². The van der Waals surface area contributed by atoms with E-state index in [2.05, 4.69) is 27.1 Å². The molecule has 4 rings (SSSR count). The molecule has 0 saturated heterocycles. The molecule has 6 nitrogen and oxygen atoms in total. The number of nitrogens with zero attached hydrogens (tertiary/aromatic N) is 4. The van der Waals surface area contributed by atoms with Crippen molar-refractivity contribution in [3.63, 3.8) is 0 Å². The van der Waals surface area contributed by atoms with Gasteiger partial charge in [0.2, 0.25) is 5.95 Å². The van der Waals surface area contributed by atoms with E-state index in [4.69, 9.17) is 9.72 Å². The minimum absolute atomic E-state index is 0.174. The second kappa shape index (κ2) is 7.02. The van der Waals surface area contributed by atoms with Crippen molar-refractivity contribution in [2.45, 2.75) is 51.7 Å². The molecule has 26 heavy (non-hydrogen) atoms. The Morgan fingerprint density at radius 1 is 1.15 bits per heavy atom. The van der Waals surface area contributed by atoms with E-state index in [9.17, 15) is 0 Å². The van der Waals surface area contributed by atoms with E-state index in [0.717, 1.165) is 29.6 Å². The molecule has 1 aliphatic carbocycles. The second-order valence-corrected chi connectivity index (χ2v) is 7.47. The highest BCUT2D eigenvalue weighted by Gasteiger charge is 2.32. The molecule has 2 heterocycles. The van der Waals surface area contributed by atoms with Crippen LogP contribution in [0.3, 0.4) is 0 Å². The average Bonchev–Trinajstić information content (AvgIpc) is 3.24. The van der Waals surface area contributed by atoms with E-state index in [1.807, 2.05) is 44.3 Å². The van der Waals surface area contributed by atoms with Crippen LogP contribution in [0.2, 0.25) is 0 Å². The van der Waals surface area contributed by atoms with Gasteiger partial charge in [-0.15, -0.1) is 0 Å². The lowest BCUT2D eigenvalue weighted by molar-refractivity contribution is 0.242. The summed E-state index contributed by atoms with van der Waals surface area (Å²) in [5.74, 6) is 2.56. The Morgan fingerprint density at radius 3 is 2.58 bits per heavy atom. The smallest absolute Gasteiger partial charge is 0.229 e. The Bertz CT molecular complexity index is 755. The maximum absolute atomic E-state index is 5.69. The van der Waals surface area contributed by atoms with E-state index in [0.29, 0.717) is 12.0 Å². The van der Waals surface area contributed by atoms with Crippen molar-refractivity contribution in [3.8, 4) is 5.75 Å². The average molecular weight is 353 g/mol. The Labute approximate surface area is 155 Å². The van der Waals surface area contributed by atoms with Crippen molar-refractivity contribution in [2.24, 2.45) is 0 Å². The fraction of sp³-hybridized carbons (Fsp3) is 0.500. The van der Waals surface area contributed by atoms with Crippen molar-refractivity contribution in [1.82, 2.24) is 9.97 Å². The molecule has 0 amide bonds. The zero-order chi connectivity index (χ0) is 18.1. The van der Waals surface area contributed by atoms with E-state index < -0.39 is 0 Å². The summed E-state index contributed by atoms with van der Waals surface area (Å²) in [4.78, 5) is 14.0. The molecule has 1 aliphatic heterocycles. The third-order valence-electron chi connectivity index (χ3n) is 5.05. The summed E-state index contributed by atoms with van der Waals surface area (Å²) in [6.45, 7) is 4.95. The fourth-order valence-electron chi connectivity index (χ4n) is 3.80. The second-order valence-electron chi connectivity index (χ2n) is 7.47. The van der Waals surface area contributed by atoms with E-state index in [1.54, 1.807) is 0 Å². The van der Waals surface area contributed by atoms with Crippen LogP contribution in [-0.2, 0) is 0 Å². The standard InChI is InChI=1S/C20H27N5O/c1-14(2)26-17-10-8-15(9-11-17)22-20-21-12-18-19(23-20)25(13-24(18)3)16-6-4-5-7-16/h8-12,14,16H,4-7,13H2,1-3H3,(H,21,22,23). The van der Waals surface area contributed by atoms with Gasteiger partial charge in [0.15, 0.2) is 5.82 Å². The summed E-state index contributed by atoms with van der Waals surface area (Å²) in [7, 11) is 2.11. The quantitative estimate of drug-likeness (QED) is 0.871. The fourth-order valence-corrected chi connectivity index (χ4v) is 3.80. The molecule has 0 spiro atoms. The normalized spacial score (nSPS) is 17.1. The molecule has 138 valence electrons. The number of fused-ring (bicyclic) bond motifs is 1. The monoisotopic (exact) mass is 353 g/mol. The Balaban J connectivity index is 1.52. The van der Waals surface area contributed by atoms with E-state index >= 15 is 0 Å². The van der Waals surface area contributed by atoms with Gasteiger partial charge in [-0.25, -0.2) is 4.98 Å². The van der Waals surface area contributed by atoms with Gasteiger partial charge in [0.25, 0.3) is 0 Å². The van der Waals surface area contributed by atoms with Gasteiger partial charge >= 0.3 is 0 Å². The van der Waals surface area contributed by atoms with Crippen LogP contribution in [0.15, 0.2) is 30.5 Å². The maximum atomic E-state index is 5.69. The number of aromatic nitrogens is 2. The van der Waals surface area contributed by atoms with Crippen molar-refractivity contribution >= 4 is 23.1 Å². The minimum atomic E-state index is 0.174. The number of hydrogen-bond acceptors (Lipinski definition) is 6. The molecular weight excluding hydrogens is 326 g/mol. The summed E-state index contributed by atoms with van der Waals surface area (Å²) in [6.07, 6.45) is 7.26. The third-order valence-corrected chi connectivity index (χ3v) is 5.05. The van der Waals surface area contributed by atoms with Crippen LogP contribution in [-0.4, -0.2) is 35.8 Å². The van der Waals surface area contributed by atoms with Crippen molar-refractivity contribution in [3.05, 3.63) is 30.5 Å². The lowest BCUT2D eigenvalue weighted by Crippen LogP contribution is -2.36. The van der Waals surface area contributed by atoms with Crippen molar-refractivity contribution in [1.29, 1.82) is 0 Å². The number of nitrogens with one attached hydrogen (secondary N) is 1. The van der Waals surface area contributed by atoms with Crippen molar-refractivity contribution < 1.29 is 4.74 Å². The van der Waals surface area contributed by atoms with Crippen LogP contribution in [0.25, 0.3) is 0 Å². The van der Waals surface area contributed by atoms with Crippen molar-refractivity contribution in [2.75, 3.05) is 28.8 Å². The summed E-state index contributed by atoms with van der Waals surface area (Å²) in [5, 5.41) is 3.32. The van der Waals surface area contributed by atoms with Gasteiger partial charge < -0.3 is 19.9 Å². The van der Waals surface area contributed by atoms with Crippen LogP contribution >= 0.6 is 0 Å². The molecule has 1 saturated carbocycles. The Morgan fingerprint density at radius 2 is 1.88 bits per heavy atom. The number of ether oxygens (including phenoxy) is 1. The van der Waals surface area contributed by atoms with Crippen LogP contribution in [0, 0.1) is 0 Å². The van der Waals surface area contributed by atoms with Gasteiger partial charge in [0.05, 0.1) is 24.7 Å². The molecule has 1 fully saturated rings. The first kappa shape index (κ1) is 16.9. The van der Waals surface area contributed by atoms with Gasteiger partial charge in [-0.1, -0.05) is 12.8 Å². The molecule has 0 unspecified atom stereocenters. The molecule has 1 N–H and O–H groups in total. The molecular formula is C20H27N5O. The van der Waals surface area contributed by atoms with Crippen LogP contribution < -0.4 is 19.9 Å². The predicted molar refractivity (Wildman–Crippen MR) is 106 cm³/mol. The third kappa shape index (κ3) is 3.41. The van der Waals surface area contributed by atoms with Gasteiger partial charge in [-0.3, -0.25) is 0 Å². The topological polar surface area (TPSA) is 53.5 Å². The summed E-state index contributed by atoms with van der Waals surface area (Å²) >= 11 is 0. The zero-order valence-corrected chi connectivity index (χ0v) is 15.8. The molecule has 6 heteroatoms. The lowest BCUT2D eigenvalue weighted by atomic mass is 10.2. The molecule has 0 bridgehead atoms. The molecule has 0 atom stereocenters. The largest absolute Gasteiger partial charge is 0.491 e. The zero-order valence-electron chi connectivity index (χ0n) is 15.8. The molecule has 1 aromatic heterocycles. The number of hydrogen-bond donors (Lipinski definition) is 1. The van der Waals surface area contributed by atoms with Gasteiger partial charge in [-0.05, 0) is 51.0 Å². The number of benzene rings is 1. The summed E-state index contributed by atoms with van der Waals surface area (Å²) in [5.41, 5.74) is 2.07. The van der Waals surface area contributed by atoms with Crippen LogP contribution in [0.5, 0.6) is 5.75 Å². The SMILES string of the molecule is CC(C)Oc1ccc(Nc2ncc3c(n2)N(C2CCCC2)CN3C)cc1. The maximum Gasteiger partial charge on any atom is 0.229 e. The lowest BCUT2D eigenvalue weighted by Gasteiger charge is -2.25. The first-order valence-corrected chi connectivity index (χ1v) is 9.49. The summed E-state index contributed by atoms with van der Waals surface area (Å²) < 4.78 is 5.69. The highest BCUT2D eigenvalue weighted by molar-refractivity contribution is 5.73. The molecule has 2 aliphatic rings. The summed E-state index contributed by atoms with van der Waals surface area (Å²) in [6, 6.07) is 8.53. The molecule has 0 radical (unpaired) electrons. The van der Waals surface area contributed by atoms with Gasteiger partial charge in [0, 0.05) is 18.8 Å². The Hall–Kier alpha value is -2.50. The van der Waals surface area contributed by atoms with E-state index in [-0.39, 0.29) is 6.10 Å². The number of rotatable bonds is 5. The Kier molecular flexibility index (Phi) is 4.57. The molecule has 2 aromatic rings. The van der Waals surface area contributed by atoms with Gasteiger partial charge in [0.1, 0.15) is 5.75 Å². The first-order valence-electron chi connectivity index (χ1n) is 9.49. The highest BCUT2D eigenvalue weighted by atomic mass is 16.5. The predicted octanol–water partition coefficient (Wildman–Crippen LogP) is 4.16. The van der Waals surface area contributed by atoms with Gasteiger partial charge in [-0.2, -0.15) is 4.98 Å². The molecule has 1 aromatic carbocycles. The first-order chi connectivity index (χ1) is 12.6. The number of anilines is 4. The van der Waals surface area contributed by atoms with Crippen LogP contribution in [0.1, 0.15) is 39.5 Å². The minimum Gasteiger partial charge on any atom is -0.491 e. The highest BCUT2D eigenvalue weighted by Crippen LogP contribution is 2.38. The van der Waals surface area contributed by atoms with Crippen LogP contribution in [0.4, 0.5) is 23.1 Å².